The largest absolute Gasteiger partial charge is 0.472 e. The van der Waals surface area contributed by atoms with Crippen LogP contribution in [0.2, 0.25) is 0 Å². The van der Waals surface area contributed by atoms with Crippen molar-refractivity contribution in [3.63, 3.8) is 0 Å². The second kappa shape index (κ2) is 22.2. The minimum atomic E-state index is -4.06. The molecule has 0 aromatic carbocycles. The Morgan fingerprint density at radius 3 is 1.59 bits per heavy atom. The van der Waals surface area contributed by atoms with Crippen LogP contribution in [0.5, 0.6) is 0 Å². The van der Waals surface area contributed by atoms with Crippen LogP contribution in [0, 0.1) is 0 Å². The van der Waals surface area contributed by atoms with Gasteiger partial charge in [-0.25, -0.2) is 4.57 Å². The zero-order chi connectivity index (χ0) is 25.5. The molecule has 0 saturated heterocycles. The zero-order valence-corrected chi connectivity index (χ0v) is 23.9. The first-order chi connectivity index (χ1) is 16.2. The Balaban J connectivity index is 3.37. The predicted molar refractivity (Wildman–Crippen MR) is 143 cm³/mol. The molecule has 206 valence electrons. The van der Waals surface area contributed by atoms with Crippen LogP contribution in [0.4, 0.5) is 0 Å². The molecule has 34 heavy (non-hydrogen) atoms. The molecule has 0 saturated carbocycles. The van der Waals surface area contributed by atoms with Gasteiger partial charge in [0.2, 0.25) is 0 Å². The molecule has 0 fully saturated rings. The molecule has 0 spiro atoms. The molecule has 0 rings (SSSR count). The summed E-state index contributed by atoms with van der Waals surface area (Å²) in [6, 6.07) is -0.441. The van der Waals surface area contributed by atoms with Crippen molar-refractivity contribution >= 4 is 7.82 Å². The number of unbranched alkanes of at least 4 members (excludes halogenated alkanes) is 15. The molecular formula is C26H58N2O5P+. The van der Waals surface area contributed by atoms with Crippen molar-refractivity contribution in [1.29, 1.82) is 0 Å². The Hall–Kier alpha value is -0.0100. The molecule has 0 heterocycles. The normalized spacial score (nSPS) is 14.9. The highest BCUT2D eigenvalue weighted by Crippen LogP contribution is 2.42. The van der Waals surface area contributed by atoms with Gasteiger partial charge in [0.15, 0.2) is 0 Å². The van der Waals surface area contributed by atoms with Gasteiger partial charge in [-0.15, -0.1) is 0 Å². The van der Waals surface area contributed by atoms with Crippen LogP contribution in [0.15, 0.2) is 0 Å². The molecule has 0 aliphatic heterocycles. The van der Waals surface area contributed by atoms with Gasteiger partial charge >= 0.3 is 7.82 Å². The van der Waals surface area contributed by atoms with E-state index >= 15 is 0 Å². The van der Waals surface area contributed by atoms with Crippen LogP contribution >= 0.6 is 7.82 Å². The van der Waals surface area contributed by atoms with E-state index in [9.17, 15) is 9.46 Å². The van der Waals surface area contributed by atoms with Crippen molar-refractivity contribution < 1.29 is 27.7 Å². The van der Waals surface area contributed by atoms with Crippen LogP contribution in [0.25, 0.3) is 0 Å². The lowest BCUT2D eigenvalue weighted by molar-refractivity contribution is -0.870. The molecule has 0 bridgehead atoms. The maximum absolute atomic E-state index is 11.9. The first-order valence-electron chi connectivity index (χ1n) is 13.9. The van der Waals surface area contributed by atoms with Gasteiger partial charge in [0.05, 0.1) is 40.4 Å². The Labute approximate surface area is 211 Å². The van der Waals surface area contributed by atoms with E-state index < -0.39 is 13.9 Å². The standard InChI is InChI=1S/C26H57N2O5P/c1-5-6-7-8-9-10-11-12-13-14-15-16-17-18-19-20-22-31-24-26(27)25-33-34(29,30)32-23-21-28(2,3)4/h26H,5-25,27H2,1-4H3/p+1/t26-/m1/s1. The van der Waals surface area contributed by atoms with Crippen molar-refractivity contribution in [1.82, 2.24) is 0 Å². The first-order valence-corrected chi connectivity index (χ1v) is 15.4. The Bertz CT molecular complexity index is 488. The molecule has 0 aromatic heterocycles. The number of likely N-dealkylation sites (N-methyl/N-ethyl adjacent to an activating group) is 1. The molecule has 3 N–H and O–H groups in total. The summed E-state index contributed by atoms with van der Waals surface area (Å²) in [5.41, 5.74) is 5.91. The van der Waals surface area contributed by atoms with Crippen molar-refractivity contribution in [3.8, 4) is 0 Å². The number of quaternary nitrogens is 1. The molecule has 0 amide bonds. The third-order valence-electron chi connectivity index (χ3n) is 5.94. The Morgan fingerprint density at radius 2 is 1.15 bits per heavy atom. The minimum Gasteiger partial charge on any atom is -0.380 e. The number of phosphoric acid groups is 1. The summed E-state index contributed by atoms with van der Waals surface area (Å²) in [5.74, 6) is 0. The summed E-state index contributed by atoms with van der Waals surface area (Å²) in [6.07, 6.45) is 21.6. The molecule has 1 unspecified atom stereocenters. The van der Waals surface area contributed by atoms with Gasteiger partial charge in [0.1, 0.15) is 13.2 Å². The lowest BCUT2D eigenvalue weighted by Crippen LogP contribution is -2.37. The minimum absolute atomic E-state index is 0.0584. The Morgan fingerprint density at radius 1 is 0.706 bits per heavy atom. The highest BCUT2D eigenvalue weighted by molar-refractivity contribution is 7.47. The van der Waals surface area contributed by atoms with Crippen LogP contribution in [0.1, 0.15) is 110 Å². The molecule has 0 aliphatic rings. The second-order valence-electron chi connectivity index (χ2n) is 10.7. The van der Waals surface area contributed by atoms with E-state index in [0.29, 0.717) is 24.2 Å². The fourth-order valence-corrected chi connectivity index (χ4v) is 4.46. The van der Waals surface area contributed by atoms with Crippen LogP contribution in [0.3, 0.4) is 0 Å². The zero-order valence-electron chi connectivity index (χ0n) is 23.0. The number of rotatable bonds is 26. The monoisotopic (exact) mass is 509 g/mol. The summed E-state index contributed by atoms with van der Waals surface area (Å²) in [6.45, 7) is 3.97. The van der Waals surface area contributed by atoms with Crippen molar-refractivity contribution in [2.45, 2.75) is 116 Å². The summed E-state index contributed by atoms with van der Waals surface area (Å²) in [4.78, 5) is 9.70. The molecule has 0 aromatic rings. The van der Waals surface area contributed by atoms with Gasteiger partial charge in [0, 0.05) is 6.61 Å². The Kier molecular flexibility index (Phi) is 22.2. The molecule has 0 radical (unpaired) electrons. The van der Waals surface area contributed by atoms with Crippen LogP contribution < -0.4 is 5.73 Å². The number of ether oxygens (including phenoxy) is 1. The van der Waals surface area contributed by atoms with Crippen molar-refractivity contribution in [3.05, 3.63) is 0 Å². The molecular weight excluding hydrogens is 451 g/mol. The average Bonchev–Trinajstić information content (AvgIpc) is 2.76. The van der Waals surface area contributed by atoms with Gasteiger partial charge < -0.3 is 19.8 Å². The quantitative estimate of drug-likeness (QED) is 0.0793. The highest BCUT2D eigenvalue weighted by Gasteiger charge is 2.23. The third kappa shape index (κ3) is 26.6. The van der Waals surface area contributed by atoms with Gasteiger partial charge in [-0.05, 0) is 6.42 Å². The van der Waals surface area contributed by atoms with Crippen LogP contribution in [-0.2, 0) is 18.3 Å². The smallest absolute Gasteiger partial charge is 0.380 e. The topological polar surface area (TPSA) is 91.0 Å². The number of hydrogen-bond donors (Lipinski definition) is 2. The maximum atomic E-state index is 11.9. The number of nitrogens with two attached hydrogens (primary N) is 1. The van der Waals surface area contributed by atoms with Gasteiger partial charge in [-0.1, -0.05) is 103 Å². The van der Waals surface area contributed by atoms with E-state index in [4.69, 9.17) is 19.5 Å². The van der Waals surface area contributed by atoms with E-state index in [1.807, 2.05) is 21.1 Å². The highest BCUT2D eigenvalue weighted by atomic mass is 31.2. The summed E-state index contributed by atoms with van der Waals surface area (Å²) < 4.78 is 28.0. The number of hydrogen-bond acceptors (Lipinski definition) is 5. The van der Waals surface area contributed by atoms with Crippen molar-refractivity contribution in [2.24, 2.45) is 5.73 Å². The molecule has 0 aliphatic carbocycles. The molecule has 7 nitrogen and oxygen atoms in total. The van der Waals surface area contributed by atoms with Gasteiger partial charge in [-0.2, -0.15) is 0 Å². The van der Waals surface area contributed by atoms with E-state index in [0.717, 1.165) is 6.42 Å². The predicted octanol–water partition coefficient (Wildman–Crippen LogP) is 6.43. The fourth-order valence-electron chi connectivity index (χ4n) is 3.69. The number of nitrogens with zero attached hydrogens (tertiary/aromatic N) is 1. The lowest BCUT2D eigenvalue weighted by atomic mass is 10.0. The lowest BCUT2D eigenvalue weighted by Gasteiger charge is -2.24. The first kappa shape index (κ1) is 34.0. The fraction of sp³-hybridized carbons (Fsp3) is 1.00. The third-order valence-corrected chi connectivity index (χ3v) is 6.93. The number of phosphoric ester groups is 1. The maximum Gasteiger partial charge on any atom is 0.472 e. The average molecular weight is 510 g/mol. The van der Waals surface area contributed by atoms with Gasteiger partial charge in [0.25, 0.3) is 0 Å². The molecule has 8 heteroatoms. The SMILES string of the molecule is CCCCCCCCCCCCCCCCCCOC[C@@H](N)COP(=O)(O)OCC[N+](C)(C)C. The van der Waals surface area contributed by atoms with E-state index in [-0.39, 0.29) is 13.2 Å². The summed E-state index contributed by atoms with van der Waals surface area (Å²) in [5, 5.41) is 0. The second-order valence-corrected chi connectivity index (χ2v) is 12.2. The van der Waals surface area contributed by atoms with Gasteiger partial charge in [-0.3, -0.25) is 9.05 Å². The van der Waals surface area contributed by atoms with Crippen molar-refractivity contribution in [2.75, 3.05) is 54.1 Å². The molecule has 2 atom stereocenters. The summed E-state index contributed by atoms with van der Waals surface area (Å²) >= 11 is 0. The van der Waals surface area contributed by atoms with E-state index in [1.54, 1.807) is 0 Å². The van der Waals surface area contributed by atoms with E-state index in [2.05, 4.69) is 6.92 Å². The van der Waals surface area contributed by atoms with Crippen LogP contribution in [-0.4, -0.2) is 69.5 Å². The van der Waals surface area contributed by atoms with E-state index in [1.165, 1.54) is 96.3 Å². The summed E-state index contributed by atoms with van der Waals surface area (Å²) in [7, 11) is 1.90.